The van der Waals surface area contributed by atoms with Crippen LogP contribution in [0, 0.1) is 0 Å². The molecule has 2 fully saturated rings. The summed E-state index contributed by atoms with van der Waals surface area (Å²) >= 11 is 0. The van der Waals surface area contributed by atoms with Gasteiger partial charge in [-0.2, -0.15) is 0 Å². The van der Waals surface area contributed by atoms with E-state index in [0.717, 1.165) is 44.3 Å². The van der Waals surface area contributed by atoms with Crippen molar-refractivity contribution in [1.82, 2.24) is 9.80 Å². The van der Waals surface area contributed by atoms with Crippen molar-refractivity contribution in [3.63, 3.8) is 0 Å². The summed E-state index contributed by atoms with van der Waals surface area (Å²) < 4.78 is 16.6. The number of methoxy groups -OCH3 is 1. The SMILES string of the molecule is COc1ccc(N2CCN(C(=O)c3ccccc3OCCN3CCOCC3)C(C(N)=O)C2)cc1. The third-order valence-corrected chi connectivity index (χ3v) is 6.29. The average molecular weight is 469 g/mol. The molecule has 1 atom stereocenters. The number of rotatable bonds is 8. The number of piperazine rings is 1. The lowest BCUT2D eigenvalue weighted by Crippen LogP contribution is -2.60. The Morgan fingerprint density at radius 1 is 1.03 bits per heavy atom. The Morgan fingerprint density at radius 3 is 2.47 bits per heavy atom. The van der Waals surface area contributed by atoms with E-state index >= 15 is 0 Å². The fourth-order valence-electron chi connectivity index (χ4n) is 4.33. The molecule has 0 bridgehead atoms. The number of amides is 2. The number of hydrogen-bond acceptors (Lipinski definition) is 7. The lowest BCUT2D eigenvalue weighted by molar-refractivity contribution is -0.122. The predicted octanol–water partition coefficient (Wildman–Crippen LogP) is 1.22. The molecule has 1 unspecified atom stereocenters. The highest BCUT2D eigenvalue weighted by atomic mass is 16.5. The molecule has 0 radical (unpaired) electrons. The molecule has 182 valence electrons. The summed E-state index contributed by atoms with van der Waals surface area (Å²) in [6, 6.07) is 14.0. The predicted molar refractivity (Wildman–Crippen MR) is 128 cm³/mol. The molecule has 0 spiro atoms. The normalized spacial score (nSPS) is 19.0. The number of para-hydroxylation sites is 1. The maximum absolute atomic E-state index is 13.5. The topological polar surface area (TPSA) is 97.6 Å². The summed E-state index contributed by atoms with van der Waals surface area (Å²) in [5, 5.41) is 0. The number of anilines is 1. The fourth-order valence-corrected chi connectivity index (χ4v) is 4.33. The van der Waals surface area contributed by atoms with Gasteiger partial charge < -0.3 is 29.7 Å². The van der Waals surface area contributed by atoms with Gasteiger partial charge in [0.1, 0.15) is 24.1 Å². The van der Waals surface area contributed by atoms with Crippen LogP contribution >= 0.6 is 0 Å². The van der Waals surface area contributed by atoms with E-state index in [4.69, 9.17) is 19.9 Å². The molecule has 0 aliphatic carbocycles. The van der Waals surface area contributed by atoms with Gasteiger partial charge in [-0.25, -0.2) is 0 Å². The summed E-state index contributed by atoms with van der Waals surface area (Å²) in [6.07, 6.45) is 0. The number of nitrogens with zero attached hydrogens (tertiary/aromatic N) is 3. The largest absolute Gasteiger partial charge is 0.497 e. The van der Waals surface area contributed by atoms with Crippen LogP contribution in [0.25, 0.3) is 0 Å². The van der Waals surface area contributed by atoms with E-state index in [1.165, 1.54) is 0 Å². The number of carbonyl (C=O) groups is 2. The highest BCUT2D eigenvalue weighted by Crippen LogP contribution is 2.26. The summed E-state index contributed by atoms with van der Waals surface area (Å²) in [4.78, 5) is 31.7. The zero-order chi connectivity index (χ0) is 23.9. The van der Waals surface area contributed by atoms with Crippen molar-refractivity contribution < 1.29 is 23.8 Å². The van der Waals surface area contributed by atoms with Crippen LogP contribution < -0.4 is 20.1 Å². The average Bonchev–Trinajstić information content (AvgIpc) is 2.89. The standard InChI is InChI=1S/C25H32N4O5/c1-32-20-8-6-19(7-9-20)28-10-11-29(22(18-28)24(26)30)25(31)21-4-2-3-5-23(21)34-17-14-27-12-15-33-16-13-27/h2-9,22H,10-18H2,1H3,(H2,26,30). The first-order chi connectivity index (χ1) is 16.6. The number of nitrogens with two attached hydrogens (primary N) is 1. The number of hydrogen-bond donors (Lipinski definition) is 1. The van der Waals surface area contributed by atoms with E-state index in [9.17, 15) is 9.59 Å². The first-order valence-corrected chi connectivity index (χ1v) is 11.6. The Kier molecular flexibility index (Phi) is 7.87. The third-order valence-electron chi connectivity index (χ3n) is 6.29. The minimum absolute atomic E-state index is 0.250. The Morgan fingerprint density at radius 2 is 1.76 bits per heavy atom. The zero-order valence-corrected chi connectivity index (χ0v) is 19.5. The number of carbonyl (C=O) groups excluding carboxylic acids is 2. The molecule has 9 nitrogen and oxygen atoms in total. The van der Waals surface area contributed by atoms with E-state index in [0.29, 0.717) is 37.6 Å². The molecule has 0 saturated carbocycles. The molecule has 2 amide bonds. The smallest absolute Gasteiger partial charge is 0.258 e. The molecule has 4 rings (SSSR count). The summed E-state index contributed by atoms with van der Waals surface area (Å²) in [7, 11) is 1.62. The fraction of sp³-hybridized carbons (Fsp3) is 0.440. The van der Waals surface area contributed by atoms with Crippen molar-refractivity contribution >= 4 is 17.5 Å². The number of morpholine rings is 1. The van der Waals surface area contributed by atoms with Gasteiger partial charge in [0.25, 0.3) is 5.91 Å². The van der Waals surface area contributed by atoms with Crippen LogP contribution in [-0.2, 0) is 9.53 Å². The molecule has 2 N–H and O–H groups in total. The van der Waals surface area contributed by atoms with Crippen LogP contribution in [-0.4, -0.2) is 93.9 Å². The first kappa shape index (κ1) is 23.8. The maximum Gasteiger partial charge on any atom is 0.258 e. The van der Waals surface area contributed by atoms with E-state index in [1.807, 2.05) is 30.3 Å². The highest BCUT2D eigenvalue weighted by molar-refractivity contribution is 6.00. The Hall–Kier alpha value is -3.30. The van der Waals surface area contributed by atoms with Crippen molar-refractivity contribution in [2.24, 2.45) is 5.73 Å². The summed E-state index contributed by atoms with van der Waals surface area (Å²) in [6.45, 7) is 5.73. The second-order valence-corrected chi connectivity index (χ2v) is 8.36. The third kappa shape index (κ3) is 5.60. The molecular weight excluding hydrogens is 436 g/mol. The van der Waals surface area contributed by atoms with Gasteiger partial charge >= 0.3 is 0 Å². The molecule has 2 aromatic carbocycles. The quantitative estimate of drug-likeness (QED) is 0.622. The molecule has 2 saturated heterocycles. The van der Waals surface area contributed by atoms with Gasteiger partial charge in [0.2, 0.25) is 5.91 Å². The second kappa shape index (κ2) is 11.2. The van der Waals surface area contributed by atoms with Crippen LogP contribution in [0.5, 0.6) is 11.5 Å². The van der Waals surface area contributed by atoms with Gasteiger partial charge in [0.05, 0.1) is 25.9 Å². The van der Waals surface area contributed by atoms with Crippen molar-refractivity contribution in [2.45, 2.75) is 6.04 Å². The lowest BCUT2D eigenvalue weighted by Gasteiger charge is -2.41. The summed E-state index contributed by atoms with van der Waals surface area (Å²) in [5.74, 6) is 0.494. The van der Waals surface area contributed by atoms with Crippen molar-refractivity contribution in [3.05, 3.63) is 54.1 Å². The Bertz CT molecular complexity index is 978. The van der Waals surface area contributed by atoms with Crippen LogP contribution in [0.3, 0.4) is 0 Å². The van der Waals surface area contributed by atoms with Crippen molar-refractivity contribution in [3.8, 4) is 11.5 Å². The Labute approximate surface area is 200 Å². The van der Waals surface area contributed by atoms with Gasteiger partial charge in [-0.3, -0.25) is 14.5 Å². The molecule has 2 aliphatic heterocycles. The molecule has 9 heteroatoms. The second-order valence-electron chi connectivity index (χ2n) is 8.36. The van der Waals surface area contributed by atoms with E-state index < -0.39 is 11.9 Å². The van der Waals surface area contributed by atoms with E-state index in [-0.39, 0.29) is 5.91 Å². The maximum atomic E-state index is 13.5. The van der Waals surface area contributed by atoms with Gasteiger partial charge in [0.15, 0.2) is 0 Å². The lowest BCUT2D eigenvalue weighted by atomic mass is 10.1. The van der Waals surface area contributed by atoms with Crippen LogP contribution in [0.15, 0.2) is 48.5 Å². The van der Waals surface area contributed by atoms with Crippen LogP contribution in [0.4, 0.5) is 5.69 Å². The molecule has 0 aromatic heterocycles. The van der Waals surface area contributed by atoms with Gasteiger partial charge in [-0.15, -0.1) is 0 Å². The number of ether oxygens (including phenoxy) is 3. The van der Waals surface area contributed by atoms with Crippen LogP contribution in [0.1, 0.15) is 10.4 Å². The minimum atomic E-state index is -0.746. The van der Waals surface area contributed by atoms with Crippen molar-refractivity contribution in [1.29, 1.82) is 0 Å². The van der Waals surface area contributed by atoms with E-state index in [2.05, 4.69) is 9.80 Å². The minimum Gasteiger partial charge on any atom is -0.497 e. The zero-order valence-electron chi connectivity index (χ0n) is 19.5. The Balaban J connectivity index is 1.43. The van der Waals surface area contributed by atoms with Crippen molar-refractivity contribution in [2.75, 3.05) is 71.1 Å². The van der Waals surface area contributed by atoms with E-state index in [1.54, 1.807) is 30.2 Å². The number of benzene rings is 2. The van der Waals surface area contributed by atoms with Gasteiger partial charge in [-0.05, 0) is 36.4 Å². The highest BCUT2D eigenvalue weighted by Gasteiger charge is 2.35. The molecule has 2 heterocycles. The molecule has 2 aromatic rings. The molecule has 34 heavy (non-hydrogen) atoms. The molecular formula is C25H32N4O5. The van der Waals surface area contributed by atoms with Gasteiger partial charge in [0, 0.05) is 45.0 Å². The van der Waals surface area contributed by atoms with Crippen LogP contribution in [0.2, 0.25) is 0 Å². The van der Waals surface area contributed by atoms with Gasteiger partial charge in [-0.1, -0.05) is 12.1 Å². The number of primary amides is 1. The monoisotopic (exact) mass is 468 g/mol. The first-order valence-electron chi connectivity index (χ1n) is 11.6. The molecule has 2 aliphatic rings. The summed E-state index contributed by atoms with van der Waals surface area (Å²) in [5.41, 5.74) is 7.12.